The molecule has 1 aromatic carbocycles. The van der Waals surface area contributed by atoms with Crippen LogP contribution < -0.4 is 5.32 Å². The van der Waals surface area contributed by atoms with E-state index in [1.54, 1.807) is 11.1 Å². The number of hydrogen-bond donors (Lipinski definition) is 1. The second-order valence-corrected chi connectivity index (χ2v) is 6.72. The van der Waals surface area contributed by atoms with Crippen molar-refractivity contribution in [3.63, 3.8) is 0 Å². The molecule has 0 aromatic heterocycles. The van der Waals surface area contributed by atoms with Gasteiger partial charge in [0.25, 0.3) is 0 Å². The number of hydrogen-bond acceptors (Lipinski definition) is 1. The molecule has 1 nitrogen and oxygen atoms in total. The Morgan fingerprint density at radius 3 is 2.52 bits per heavy atom. The van der Waals surface area contributed by atoms with E-state index in [1.807, 2.05) is 0 Å². The van der Waals surface area contributed by atoms with Crippen LogP contribution in [0.5, 0.6) is 0 Å². The van der Waals surface area contributed by atoms with Crippen molar-refractivity contribution in [3.05, 3.63) is 35.4 Å². The lowest BCUT2D eigenvalue weighted by atomic mass is 9.78. The maximum atomic E-state index is 3.60. The number of fused-ring (bicyclic) bond motifs is 1. The molecule has 1 aromatic rings. The Morgan fingerprint density at radius 1 is 1.05 bits per heavy atom. The average molecular weight is 287 g/mol. The molecule has 0 bridgehead atoms. The van der Waals surface area contributed by atoms with Crippen molar-refractivity contribution < 1.29 is 0 Å². The van der Waals surface area contributed by atoms with Crippen LogP contribution in [0.25, 0.3) is 0 Å². The number of unbranched alkanes of at least 4 members (excludes halogenated alkanes) is 5. The van der Waals surface area contributed by atoms with Gasteiger partial charge in [-0.25, -0.2) is 0 Å². The Balaban J connectivity index is 1.74. The van der Waals surface area contributed by atoms with Gasteiger partial charge in [0.1, 0.15) is 0 Å². The first-order valence-electron chi connectivity index (χ1n) is 9.09. The standard InChI is InChI=1S/C20H33N/c1-3-4-5-6-7-8-13-20(21-2)19-15-14-17-11-9-10-12-18(17)16-19/h9-12,19-21H,3-8,13-16H2,1-2H3. The molecule has 0 amide bonds. The van der Waals surface area contributed by atoms with Crippen molar-refractivity contribution in [1.82, 2.24) is 5.32 Å². The van der Waals surface area contributed by atoms with Gasteiger partial charge in [-0.15, -0.1) is 0 Å². The van der Waals surface area contributed by atoms with E-state index in [9.17, 15) is 0 Å². The van der Waals surface area contributed by atoms with Crippen LogP contribution in [-0.2, 0) is 12.8 Å². The van der Waals surface area contributed by atoms with Crippen LogP contribution in [0.1, 0.15) is 69.4 Å². The molecule has 118 valence electrons. The first-order chi connectivity index (χ1) is 10.3. The number of benzene rings is 1. The Bertz CT molecular complexity index is 399. The van der Waals surface area contributed by atoms with E-state index in [1.165, 1.54) is 64.2 Å². The van der Waals surface area contributed by atoms with E-state index in [4.69, 9.17) is 0 Å². The topological polar surface area (TPSA) is 12.0 Å². The van der Waals surface area contributed by atoms with Gasteiger partial charge in [-0.2, -0.15) is 0 Å². The molecule has 0 radical (unpaired) electrons. The zero-order valence-electron chi connectivity index (χ0n) is 14.0. The lowest BCUT2D eigenvalue weighted by molar-refractivity contribution is 0.311. The summed E-state index contributed by atoms with van der Waals surface area (Å²) >= 11 is 0. The first kappa shape index (κ1) is 16.5. The Kier molecular flexibility index (Phi) is 7.29. The summed E-state index contributed by atoms with van der Waals surface area (Å²) in [6.45, 7) is 2.29. The van der Waals surface area contributed by atoms with Crippen molar-refractivity contribution in [2.75, 3.05) is 7.05 Å². The predicted octanol–water partition coefficient (Wildman–Crippen LogP) is 5.13. The molecule has 2 rings (SSSR count). The molecule has 0 saturated heterocycles. The van der Waals surface area contributed by atoms with Gasteiger partial charge < -0.3 is 5.32 Å². The van der Waals surface area contributed by atoms with Gasteiger partial charge in [0.05, 0.1) is 0 Å². The largest absolute Gasteiger partial charge is 0.317 e. The molecule has 0 fully saturated rings. The highest BCUT2D eigenvalue weighted by Gasteiger charge is 2.24. The van der Waals surface area contributed by atoms with E-state index < -0.39 is 0 Å². The molecule has 21 heavy (non-hydrogen) atoms. The van der Waals surface area contributed by atoms with Gasteiger partial charge in [0, 0.05) is 6.04 Å². The number of rotatable bonds is 9. The smallest absolute Gasteiger partial charge is 0.00956 e. The molecule has 2 unspecified atom stereocenters. The summed E-state index contributed by atoms with van der Waals surface area (Å²) in [5.74, 6) is 0.834. The van der Waals surface area contributed by atoms with Crippen molar-refractivity contribution in [1.29, 1.82) is 0 Å². The second-order valence-electron chi connectivity index (χ2n) is 6.72. The summed E-state index contributed by atoms with van der Waals surface area (Å²) < 4.78 is 0. The van der Waals surface area contributed by atoms with E-state index in [-0.39, 0.29) is 0 Å². The van der Waals surface area contributed by atoms with Crippen molar-refractivity contribution in [3.8, 4) is 0 Å². The fourth-order valence-electron chi connectivity index (χ4n) is 3.83. The molecule has 1 aliphatic carbocycles. The number of nitrogens with one attached hydrogen (secondary N) is 1. The van der Waals surface area contributed by atoms with Gasteiger partial charge in [-0.1, -0.05) is 69.7 Å². The van der Waals surface area contributed by atoms with E-state index in [0.717, 1.165) is 5.92 Å². The average Bonchev–Trinajstić information content (AvgIpc) is 2.54. The highest BCUT2D eigenvalue weighted by Crippen LogP contribution is 2.29. The Labute approximate surface area is 131 Å². The lowest BCUT2D eigenvalue weighted by Crippen LogP contribution is -2.36. The zero-order valence-corrected chi connectivity index (χ0v) is 14.0. The van der Waals surface area contributed by atoms with Crippen molar-refractivity contribution >= 4 is 0 Å². The molecule has 1 N–H and O–H groups in total. The maximum absolute atomic E-state index is 3.60. The zero-order chi connectivity index (χ0) is 14.9. The molecule has 0 aliphatic heterocycles. The molecular weight excluding hydrogens is 254 g/mol. The summed E-state index contributed by atoms with van der Waals surface area (Å²) in [5, 5.41) is 3.60. The van der Waals surface area contributed by atoms with Crippen LogP contribution in [0.3, 0.4) is 0 Å². The summed E-state index contributed by atoms with van der Waals surface area (Å²) in [7, 11) is 2.16. The van der Waals surface area contributed by atoms with Crippen LogP contribution in [0.2, 0.25) is 0 Å². The fourth-order valence-corrected chi connectivity index (χ4v) is 3.83. The van der Waals surface area contributed by atoms with Gasteiger partial charge in [0.15, 0.2) is 0 Å². The van der Waals surface area contributed by atoms with E-state index >= 15 is 0 Å². The molecule has 1 heteroatoms. The quantitative estimate of drug-likeness (QED) is 0.621. The minimum atomic E-state index is 0.713. The maximum Gasteiger partial charge on any atom is 0.00956 e. The van der Waals surface area contributed by atoms with Crippen LogP contribution >= 0.6 is 0 Å². The van der Waals surface area contributed by atoms with Gasteiger partial charge >= 0.3 is 0 Å². The van der Waals surface area contributed by atoms with Crippen LogP contribution in [0, 0.1) is 5.92 Å². The third-order valence-corrected chi connectivity index (χ3v) is 5.19. The van der Waals surface area contributed by atoms with Crippen LogP contribution in [0.15, 0.2) is 24.3 Å². The monoisotopic (exact) mass is 287 g/mol. The SMILES string of the molecule is CCCCCCCCC(NC)C1CCc2ccccc2C1. The van der Waals surface area contributed by atoms with Crippen LogP contribution in [-0.4, -0.2) is 13.1 Å². The van der Waals surface area contributed by atoms with Crippen LogP contribution in [0.4, 0.5) is 0 Å². The molecule has 1 aliphatic rings. The molecule has 0 saturated carbocycles. The molecular formula is C20H33N. The van der Waals surface area contributed by atoms with Crippen molar-refractivity contribution in [2.24, 2.45) is 5.92 Å². The highest BCUT2D eigenvalue weighted by molar-refractivity contribution is 5.29. The third kappa shape index (κ3) is 5.14. The molecule has 0 spiro atoms. The summed E-state index contributed by atoms with van der Waals surface area (Å²) in [6, 6.07) is 9.74. The van der Waals surface area contributed by atoms with E-state index in [0.29, 0.717) is 6.04 Å². The highest BCUT2D eigenvalue weighted by atomic mass is 14.9. The predicted molar refractivity (Wildman–Crippen MR) is 92.8 cm³/mol. The van der Waals surface area contributed by atoms with Gasteiger partial charge in [-0.05, 0) is 49.8 Å². The minimum absolute atomic E-state index is 0.713. The van der Waals surface area contributed by atoms with Gasteiger partial charge in [0.2, 0.25) is 0 Å². The normalized spacial score (nSPS) is 19.2. The lowest BCUT2D eigenvalue weighted by Gasteiger charge is -2.31. The molecule has 2 atom stereocenters. The summed E-state index contributed by atoms with van der Waals surface area (Å²) in [4.78, 5) is 0. The Morgan fingerprint density at radius 2 is 1.76 bits per heavy atom. The third-order valence-electron chi connectivity index (χ3n) is 5.19. The van der Waals surface area contributed by atoms with E-state index in [2.05, 4.69) is 43.6 Å². The Hall–Kier alpha value is -0.820. The minimum Gasteiger partial charge on any atom is -0.317 e. The fraction of sp³-hybridized carbons (Fsp3) is 0.700. The summed E-state index contributed by atoms with van der Waals surface area (Å²) in [6.07, 6.45) is 13.7. The summed E-state index contributed by atoms with van der Waals surface area (Å²) in [5.41, 5.74) is 3.18. The second kappa shape index (κ2) is 9.25. The van der Waals surface area contributed by atoms with Crippen molar-refractivity contribution in [2.45, 2.75) is 77.2 Å². The molecule has 0 heterocycles. The van der Waals surface area contributed by atoms with Gasteiger partial charge in [-0.3, -0.25) is 0 Å². The first-order valence-corrected chi connectivity index (χ1v) is 9.09. The number of aryl methyl sites for hydroxylation is 1.